The molecule has 0 aliphatic rings. The van der Waals surface area contributed by atoms with E-state index in [9.17, 15) is 0 Å². The van der Waals surface area contributed by atoms with E-state index in [1.807, 2.05) is 7.05 Å². The third-order valence-corrected chi connectivity index (χ3v) is 3.69. The summed E-state index contributed by atoms with van der Waals surface area (Å²) in [5.74, 6) is 0.733. The highest BCUT2D eigenvalue weighted by Crippen LogP contribution is 2.27. The third kappa shape index (κ3) is 3.74. The molecule has 1 aromatic rings. The molecule has 1 rings (SSSR count). The standard InChI is InChI=1S/C16H28N2/c1-12(2)11-13(3)18(6)16-10-8-7-9-15(16)14(4)17-5/h7-10,12-14,17H,11H2,1-6H3. The molecular formula is C16H28N2. The SMILES string of the molecule is CNC(C)c1ccccc1N(C)C(C)CC(C)C. The second kappa shape index (κ2) is 6.79. The molecule has 0 radical (unpaired) electrons. The van der Waals surface area contributed by atoms with Crippen LogP contribution in [0.4, 0.5) is 5.69 Å². The molecule has 1 aromatic carbocycles. The van der Waals surface area contributed by atoms with Crippen molar-refractivity contribution in [1.29, 1.82) is 0 Å². The van der Waals surface area contributed by atoms with Crippen LogP contribution >= 0.6 is 0 Å². The number of para-hydroxylation sites is 1. The number of hydrogen-bond acceptors (Lipinski definition) is 2. The Morgan fingerprint density at radius 1 is 1.11 bits per heavy atom. The molecular weight excluding hydrogens is 220 g/mol. The molecule has 0 bridgehead atoms. The smallest absolute Gasteiger partial charge is 0.0414 e. The number of nitrogens with one attached hydrogen (secondary N) is 1. The Hall–Kier alpha value is -1.02. The van der Waals surface area contributed by atoms with Gasteiger partial charge in [-0.2, -0.15) is 0 Å². The molecule has 0 spiro atoms. The van der Waals surface area contributed by atoms with Crippen molar-refractivity contribution in [3.05, 3.63) is 29.8 Å². The van der Waals surface area contributed by atoms with Crippen molar-refractivity contribution in [2.75, 3.05) is 19.0 Å². The topological polar surface area (TPSA) is 15.3 Å². The van der Waals surface area contributed by atoms with Crippen LogP contribution in [0, 0.1) is 5.92 Å². The molecule has 0 fully saturated rings. The van der Waals surface area contributed by atoms with Gasteiger partial charge < -0.3 is 10.2 Å². The predicted molar refractivity (Wildman–Crippen MR) is 81.2 cm³/mol. The van der Waals surface area contributed by atoms with E-state index in [1.165, 1.54) is 17.7 Å². The normalized spacial score (nSPS) is 14.6. The third-order valence-electron chi connectivity index (χ3n) is 3.69. The molecule has 0 aromatic heterocycles. The van der Waals surface area contributed by atoms with Gasteiger partial charge in [0.2, 0.25) is 0 Å². The van der Waals surface area contributed by atoms with Crippen molar-refractivity contribution >= 4 is 5.69 Å². The van der Waals surface area contributed by atoms with Gasteiger partial charge in [-0.15, -0.1) is 0 Å². The van der Waals surface area contributed by atoms with Crippen LogP contribution in [0.2, 0.25) is 0 Å². The maximum Gasteiger partial charge on any atom is 0.0414 e. The maximum absolute atomic E-state index is 3.33. The number of nitrogens with zero attached hydrogens (tertiary/aromatic N) is 1. The molecule has 0 saturated heterocycles. The first-order valence-corrected chi connectivity index (χ1v) is 6.96. The van der Waals surface area contributed by atoms with Gasteiger partial charge in [-0.1, -0.05) is 32.0 Å². The Labute approximate surface area is 112 Å². The Morgan fingerprint density at radius 3 is 2.28 bits per heavy atom. The van der Waals surface area contributed by atoms with Crippen molar-refractivity contribution in [3.8, 4) is 0 Å². The number of benzene rings is 1. The van der Waals surface area contributed by atoms with Crippen molar-refractivity contribution < 1.29 is 0 Å². The summed E-state index contributed by atoms with van der Waals surface area (Å²) in [5.41, 5.74) is 2.71. The highest BCUT2D eigenvalue weighted by molar-refractivity contribution is 5.55. The second-order valence-corrected chi connectivity index (χ2v) is 5.66. The van der Waals surface area contributed by atoms with Gasteiger partial charge in [0.25, 0.3) is 0 Å². The maximum atomic E-state index is 3.33. The minimum absolute atomic E-state index is 0.384. The summed E-state index contributed by atoms with van der Waals surface area (Å²) in [7, 11) is 4.22. The molecule has 2 atom stereocenters. The molecule has 0 heterocycles. The van der Waals surface area contributed by atoms with E-state index in [2.05, 4.69) is 69.2 Å². The van der Waals surface area contributed by atoms with Gasteiger partial charge in [-0.3, -0.25) is 0 Å². The fourth-order valence-electron chi connectivity index (χ4n) is 2.41. The summed E-state index contributed by atoms with van der Waals surface area (Å²) >= 11 is 0. The summed E-state index contributed by atoms with van der Waals surface area (Å²) in [6.07, 6.45) is 1.22. The minimum atomic E-state index is 0.384. The average Bonchev–Trinajstić information content (AvgIpc) is 2.36. The van der Waals surface area contributed by atoms with Crippen molar-refractivity contribution in [3.63, 3.8) is 0 Å². The van der Waals surface area contributed by atoms with E-state index in [-0.39, 0.29) is 0 Å². The van der Waals surface area contributed by atoms with Crippen molar-refractivity contribution in [2.45, 2.75) is 46.2 Å². The van der Waals surface area contributed by atoms with Crippen LogP contribution in [0.3, 0.4) is 0 Å². The van der Waals surface area contributed by atoms with Gasteiger partial charge in [0.05, 0.1) is 0 Å². The first kappa shape index (κ1) is 15.0. The van der Waals surface area contributed by atoms with Crippen LogP contribution in [-0.2, 0) is 0 Å². The molecule has 0 aliphatic heterocycles. The first-order valence-electron chi connectivity index (χ1n) is 6.96. The largest absolute Gasteiger partial charge is 0.372 e. The van der Waals surface area contributed by atoms with Crippen LogP contribution in [0.15, 0.2) is 24.3 Å². The van der Waals surface area contributed by atoms with E-state index >= 15 is 0 Å². The lowest BCUT2D eigenvalue weighted by Gasteiger charge is -2.31. The van der Waals surface area contributed by atoms with E-state index in [4.69, 9.17) is 0 Å². The Bertz CT molecular complexity index is 360. The van der Waals surface area contributed by atoms with E-state index in [0.717, 1.165) is 5.92 Å². The fraction of sp³-hybridized carbons (Fsp3) is 0.625. The molecule has 18 heavy (non-hydrogen) atoms. The first-order chi connectivity index (χ1) is 8.47. The van der Waals surface area contributed by atoms with Crippen LogP contribution in [0.5, 0.6) is 0 Å². The van der Waals surface area contributed by atoms with Gasteiger partial charge in [0.15, 0.2) is 0 Å². The monoisotopic (exact) mass is 248 g/mol. The van der Waals surface area contributed by atoms with E-state index < -0.39 is 0 Å². The Balaban J connectivity index is 2.94. The molecule has 0 amide bonds. The van der Waals surface area contributed by atoms with Crippen LogP contribution in [-0.4, -0.2) is 20.1 Å². The summed E-state index contributed by atoms with van der Waals surface area (Å²) < 4.78 is 0. The van der Waals surface area contributed by atoms with Gasteiger partial charge >= 0.3 is 0 Å². The molecule has 0 aliphatic carbocycles. The highest BCUT2D eigenvalue weighted by Gasteiger charge is 2.16. The zero-order valence-electron chi connectivity index (χ0n) is 12.7. The molecule has 2 nitrogen and oxygen atoms in total. The second-order valence-electron chi connectivity index (χ2n) is 5.66. The Morgan fingerprint density at radius 2 is 1.72 bits per heavy atom. The number of anilines is 1. The van der Waals surface area contributed by atoms with Crippen LogP contribution in [0.25, 0.3) is 0 Å². The highest BCUT2D eigenvalue weighted by atomic mass is 15.1. The zero-order valence-corrected chi connectivity index (χ0v) is 12.7. The van der Waals surface area contributed by atoms with E-state index in [1.54, 1.807) is 0 Å². The van der Waals surface area contributed by atoms with Crippen LogP contribution < -0.4 is 10.2 Å². The van der Waals surface area contributed by atoms with Gasteiger partial charge in [-0.05, 0) is 44.9 Å². The average molecular weight is 248 g/mol. The summed E-state index contributed by atoms with van der Waals surface area (Å²) in [6, 6.07) is 9.63. The predicted octanol–water partition coefficient (Wildman–Crippen LogP) is 3.84. The molecule has 1 N–H and O–H groups in total. The quantitative estimate of drug-likeness (QED) is 0.823. The fourth-order valence-corrected chi connectivity index (χ4v) is 2.41. The number of rotatable bonds is 6. The zero-order chi connectivity index (χ0) is 13.7. The van der Waals surface area contributed by atoms with Gasteiger partial charge in [0, 0.05) is 24.8 Å². The number of hydrogen-bond donors (Lipinski definition) is 1. The molecule has 102 valence electrons. The lowest BCUT2D eigenvalue weighted by Crippen LogP contribution is -2.31. The van der Waals surface area contributed by atoms with E-state index in [0.29, 0.717) is 12.1 Å². The molecule has 0 saturated carbocycles. The van der Waals surface area contributed by atoms with Crippen molar-refractivity contribution in [1.82, 2.24) is 5.32 Å². The molecule has 2 heteroatoms. The summed E-state index contributed by atoms with van der Waals surface area (Å²) in [4.78, 5) is 2.41. The lowest BCUT2D eigenvalue weighted by molar-refractivity contribution is 0.502. The summed E-state index contributed by atoms with van der Waals surface area (Å²) in [5, 5.41) is 3.33. The van der Waals surface area contributed by atoms with Gasteiger partial charge in [-0.25, -0.2) is 0 Å². The van der Waals surface area contributed by atoms with Crippen molar-refractivity contribution in [2.24, 2.45) is 5.92 Å². The van der Waals surface area contributed by atoms with Crippen LogP contribution in [0.1, 0.15) is 45.7 Å². The lowest BCUT2D eigenvalue weighted by atomic mass is 10.0. The van der Waals surface area contributed by atoms with Gasteiger partial charge in [0.1, 0.15) is 0 Å². The minimum Gasteiger partial charge on any atom is -0.372 e. The molecule has 2 unspecified atom stereocenters. The Kier molecular flexibility index (Phi) is 5.67. The summed E-state index contributed by atoms with van der Waals surface area (Å²) in [6.45, 7) is 9.08.